The first-order chi connectivity index (χ1) is 8.55. The summed E-state index contributed by atoms with van der Waals surface area (Å²) in [5.74, 6) is 0. The third-order valence-electron chi connectivity index (χ3n) is 3.16. The van der Waals surface area contributed by atoms with Gasteiger partial charge in [-0.1, -0.05) is 25.3 Å². The van der Waals surface area contributed by atoms with Gasteiger partial charge in [-0.25, -0.2) is 5.43 Å². The van der Waals surface area contributed by atoms with Crippen LogP contribution < -0.4 is 10.9 Å². The van der Waals surface area contributed by atoms with E-state index in [0.717, 1.165) is 12.8 Å². The molecule has 0 saturated heterocycles. The number of hydrogen-bond donors (Lipinski definition) is 3. The Morgan fingerprint density at radius 3 is 2.56 bits per heavy atom. The molecule has 0 heterocycles. The van der Waals surface area contributed by atoms with Gasteiger partial charge in [-0.2, -0.15) is 8.42 Å². The minimum atomic E-state index is -4.14. The van der Waals surface area contributed by atoms with Crippen molar-refractivity contribution < 1.29 is 13.0 Å². The lowest BCUT2D eigenvalue weighted by Gasteiger charge is -2.23. The maximum atomic E-state index is 11.0. The van der Waals surface area contributed by atoms with Crippen LogP contribution in [0.1, 0.15) is 32.1 Å². The average molecular weight is 270 g/mol. The lowest BCUT2D eigenvalue weighted by Crippen LogP contribution is -2.35. The highest BCUT2D eigenvalue weighted by Crippen LogP contribution is 2.18. The van der Waals surface area contributed by atoms with Crippen LogP contribution in [0.5, 0.6) is 0 Å². The molecule has 1 saturated carbocycles. The molecule has 0 atom stereocenters. The molecule has 0 aromatic heterocycles. The van der Waals surface area contributed by atoms with Crippen molar-refractivity contribution in [2.24, 2.45) is 0 Å². The van der Waals surface area contributed by atoms with Gasteiger partial charge < -0.3 is 5.43 Å². The minimum Gasteiger partial charge on any atom is -0.321 e. The predicted octanol–water partition coefficient (Wildman–Crippen LogP) is 2.18. The second-order valence-electron chi connectivity index (χ2n) is 4.61. The fourth-order valence-electron chi connectivity index (χ4n) is 2.17. The van der Waals surface area contributed by atoms with Crippen LogP contribution in [-0.2, 0) is 10.1 Å². The molecular formula is C12H18N2O3S. The van der Waals surface area contributed by atoms with Crippen molar-refractivity contribution in [3.63, 3.8) is 0 Å². The van der Waals surface area contributed by atoms with Crippen LogP contribution in [0.15, 0.2) is 29.2 Å². The maximum Gasteiger partial charge on any atom is 0.294 e. The van der Waals surface area contributed by atoms with E-state index >= 15 is 0 Å². The van der Waals surface area contributed by atoms with E-state index in [-0.39, 0.29) is 4.90 Å². The van der Waals surface area contributed by atoms with Gasteiger partial charge in [-0.15, -0.1) is 0 Å². The highest BCUT2D eigenvalue weighted by atomic mass is 32.2. The van der Waals surface area contributed by atoms with E-state index < -0.39 is 10.1 Å². The van der Waals surface area contributed by atoms with E-state index in [2.05, 4.69) is 10.9 Å². The molecule has 1 fully saturated rings. The van der Waals surface area contributed by atoms with E-state index in [1.807, 2.05) is 0 Å². The van der Waals surface area contributed by atoms with Crippen LogP contribution in [0.25, 0.3) is 0 Å². The number of hydrogen-bond acceptors (Lipinski definition) is 4. The van der Waals surface area contributed by atoms with Crippen LogP contribution in [0.2, 0.25) is 0 Å². The SMILES string of the molecule is O=S(=O)(O)c1cccc(NNC2CCCCC2)c1. The number of nitrogens with one attached hydrogen (secondary N) is 2. The molecule has 18 heavy (non-hydrogen) atoms. The summed E-state index contributed by atoms with van der Waals surface area (Å²) in [6, 6.07) is 6.54. The van der Waals surface area contributed by atoms with Gasteiger partial charge >= 0.3 is 0 Å². The van der Waals surface area contributed by atoms with Gasteiger partial charge in [0.1, 0.15) is 0 Å². The zero-order valence-electron chi connectivity index (χ0n) is 10.1. The molecular weight excluding hydrogens is 252 g/mol. The Hall–Kier alpha value is -1.11. The maximum absolute atomic E-state index is 11.0. The molecule has 1 aromatic carbocycles. The van der Waals surface area contributed by atoms with Crippen LogP contribution in [0.4, 0.5) is 5.69 Å². The van der Waals surface area contributed by atoms with Crippen molar-refractivity contribution in [3.05, 3.63) is 24.3 Å². The van der Waals surface area contributed by atoms with Crippen LogP contribution >= 0.6 is 0 Å². The quantitative estimate of drug-likeness (QED) is 0.577. The number of anilines is 1. The molecule has 0 amide bonds. The van der Waals surface area contributed by atoms with Crippen molar-refractivity contribution in [1.29, 1.82) is 0 Å². The molecule has 100 valence electrons. The summed E-state index contributed by atoms with van der Waals surface area (Å²) in [6.45, 7) is 0. The Kier molecular flexibility index (Phi) is 4.21. The lowest BCUT2D eigenvalue weighted by atomic mass is 9.96. The topological polar surface area (TPSA) is 78.4 Å². The highest BCUT2D eigenvalue weighted by molar-refractivity contribution is 7.85. The van der Waals surface area contributed by atoms with Crippen molar-refractivity contribution >= 4 is 15.8 Å². The molecule has 0 unspecified atom stereocenters. The molecule has 0 spiro atoms. The van der Waals surface area contributed by atoms with Gasteiger partial charge in [0, 0.05) is 6.04 Å². The average Bonchev–Trinajstić information content (AvgIpc) is 2.37. The molecule has 3 N–H and O–H groups in total. The van der Waals surface area contributed by atoms with Crippen molar-refractivity contribution in [2.75, 3.05) is 5.43 Å². The van der Waals surface area contributed by atoms with Gasteiger partial charge in [0.2, 0.25) is 0 Å². The summed E-state index contributed by atoms with van der Waals surface area (Å²) in [5, 5.41) is 0. The third-order valence-corrected chi connectivity index (χ3v) is 4.01. The molecule has 1 aromatic rings. The van der Waals surface area contributed by atoms with Gasteiger partial charge in [0.05, 0.1) is 10.6 Å². The summed E-state index contributed by atoms with van der Waals surface area (Å²) in [5.41, 5.74) is 6.83. The van der Waals surface area contributed by atoms with E-state index in [1.54, 1.807) is 12.1 Å². The molecule has 6 heteroatoms. The second-order valence-corrected chi connectivity index (χ2v) is 6.03. The zero-order valence-corrected chi connectivity index (χ0v) is 10.9. The summed E-state index contributed by atoms with van der Waals surface area (Å²) in [4.78, 5) is -0.0991. The summed E-state index contributed by atoms with van der Waals surface area (Å²) < 4.78 is 31.0. The first kappa shape index (κ1) is 13.3. The Balaban J connectivity index is 1.97. The largest absolute Gasteiger partial charge is 0.321 e. The van der Waals surface area contributed by atoms with E-state index in [9.17, 15) is 8.42 Å². The first-order valence-electron chi connectivity index (χ1n) is 6.15. The Labute approximate surface area is 107 Å². The van der Waals surface area contributed by atoms with Crippen molar-refractivity contribution in [1.82, 2.24) is 5.43 Å². The Morgan fingerprint density at radius 2 is 1.89 bits per heavy atom. The Morgan fingerprint density at radius 1 is 1.17 bits per heavy atom. The fourth-order valence-corrected chi connectivity index (χ4v) is 2.69. The summed E-state index contributed by atoms with van der Waals surface area (Å²) in [6.07, 6.45) is 6.00. The van der Waals surface area contributed by atoms with E-state index in [1.165, 1.54) is 31.4 Å². The first-order valence-corrected chi connectivity index (χ1v) is 7.59. The number of benzene rings is 1. The molecule has 2 rings (SSSR count). The Bertz CT molecular complexity index is 496. The van der Waals surface area contributed by atoms with Crippen LogP contribution in [0, 0.1) is 0 Å². The minimum absolute atomic E-state index is 0.0991. The van der Waals surface area contributed by atoms with Crippen molar-refractivity contribution in [2.45, 2.75) is 43.0 Å². The van der Waals surface area contributed by atoms with Crippen LogP contribution in [-0.4, -0.2) is 19.0 Å². The third kappa shape index (κ3) is 3.69. The number of rotatable bonds is 4. The number of hydrazine groups is 1. The van der Waals surface area contributed by atoms with Crippen molar-refractivity contribution in [3.8, 4) is 0 Å². The standard InChI is InChI=1S/C12H18N2O3S/c15-18(16,17)12-8-4-7-11(9-12)14-13-10-5-2-1-3-6-10/h4,7-10,13-14H,1-3,5-6H2,(H,15,16,17). The van der Waals surface area contributed by atoms with E-state index in [0.29, 0.717) is 11.7 Å². The highest BCUT2D eigenvalue weighted by Gasteiger charge is 2.13. The van der Waals surface area contributed by atoms with Gasteiger partial charge in [0.15, 0.2) is 0 Å². The predicted molar refractivity (Wildman–Crippen MR) is 69.9 cm³/mol. The van der Waals surface area contributed by atoms with E-state index in [4.69, 9.17) is 4.55 Å². The summed E-state index contributed by atoms with van der Waals surface area (Å²) in [7, 11) is -4.14. The summed E-state index contributed by atoms with van der Waals surface area (Å²) >= 11 is 0. The zero-order chi connectivity index (χ0) is 13.0. The fraction of sp³-hybridized carbons (Fsp3) is 0.500. The normalized spacial score (nSPS) is 17.6. The van der Waals surface area contributed by atoms with Crippen LogP contribution in [0.3, 0.4) is 0 Å². The monoisotopic (exact) mass is 270 g/mol. The van der Waals surface area contributed by atoms with Gasteiger partial charge in [-0.3, -0.25) is 4.55 Å². The molecule has 0 radical (unpaired) electrons. The van der Waals surface area contributed by atoms with Gasteiger partial charge in [-0.05, 0) is 31.0 Å². The molecule has 5 nitrogen and oxygen atoms in total. The molecule has 0 aliphatic heterocycles. The second kappa shape index (κ2) is 5.69. The smallest absolute Gasteiger partial charge is 0.294 e. The molecule has 0 bridgehead atoms. The molecule has 1 aliphatic carbocycles. The molecule has 1 aliphatic rings. The lowest BCUT2D eigenvalue weighted by molar-refractivity contribution is 0.393. The van der Waals surface area contributed by atoms with Gasteiger partial charge in [0.25, 0.3) is 10.1 Å².